The fourth-order valence-electron chi connectivity index (χ4n) is 1.65. The van der Waals surface area contributed by atoms with Crippen LogP contribution in [0.3, 0.4) is 0 Å². The van der Waals surface area contributed by atoms with Gasteiger partial charge in [-0.1, -0.05) is 6.92 Å². The molecule has 0 aliphatic heterocycles. The Morgan fingerprint density at radius 3 is 3.00 bits per heavy atom. The molecule has 2 N–H and O–H groups in total. The highest BCUT2D eigenvalue weighted by molar-refractivity contribution is 5.08. The van der Waals surface area contributed by atoms with E-state index in [1.54, 1.807) is 7.11 Å². The number of nitrogens with two attached hydrogens (primary N) is 1. The summed E-state index contributed by atoms with van der Waals surface area (Å²) in [6.07, 6.45) is 5.17. The molecule has 3 heteroatoms. The van der Waals surface area contributed by atoms with E-state index in [0.717, 1.165) is 32.4 Å². The Labute approximate surface area is 92.2 Å². The molecule has 1 rings (SSSR count). The number of methoxy groups -OCH3 is 1. The molecule has 0 radical (unpaired) electrons. The Morgan fingerprint density at radius 2 is 2.33 bits per heavy atom. The summed E-state index contributed by atoms with van der Waals surface area (Å²) in [6, 6.07) is 4.52. The maximum absolute atomic E-state index is 5.95. The van der Waals surface area contributed by atoms with Crippen molar-refractivity contribution >= 4 is 0 Å². The van der Waals surface area contributed by atoms with Gasteiger partial charge in [0, 0.05) is 44.6 Å². The third-order valence-electron chi connectivity index (χ3n) is 2.67. The van der Waals surface area contributed by atoms with Crippen LogP contribution in [0.1, 0.15) is 25.5 Å². The molecule has 0 saturated heterocycles. The number of rotatable bonds is 7. The van der Waals surface area contributed by atoms with Crippen LogP contribution < -0.4 is 5.73 Å². The van der Waals surface area contributed by atoms with Crippen LogP contribution in [0.15, 0.2) is 18.3 Å². The Balaban J connectivity index is 2.45. The van der Waals surface area contributed by atoms with Crippen molar-refractivity contribution in [3.05, 3.63) is 24.0 Å². The second-order valence-electron chi connectivity index (χ2n) is 3.91. The van der Waals surface area contributed by atoms with Crippen molar-refractivity contribution in [2.75, 3.05) is 13.7 Å². The van der Waals surface area contributed by atoms with Crippen LogP contribution in [0.4, 0.5) is 0 Å². The van der Waals surface area contributed by atoms with Crippen LogP contribution in [0, 0.1) is 0 Å². The number of ether oxygens (including phenoxy) is 1. The Hall–Kier alpha value is -0.800. The molecular weight excluding hydrogens is 188 g/mol. The number of nitrogens with zero attached hydrogens (tertiary/aromatic N) is 1. The van der Waals surface area contributed by atoms with Crippen LogP contribution >= 0.6 is 0 Å². The number of aromatic nitrogens is 1. The lowest BCUT2D eigenvalue weighted by Gasteiger charge is -2.12. The van der Waals surface area contributed by atoms with Crippen LogP contribution in [-0.4, -0.2) is 24.3 Å². The van der Waals surface area contributed by atoms with E-state index in [2.05, 4.69) is 29.8 Å². The van der Waals surface area contributed by atoms with Gasteiger partial charge in [0.25, 0.3) is 0 Å². The molecule has 0 amide bonds. The lowest BCUT2D eigenvalue weighted by molar-refractivity contribution is 0.190. The van der Waals surface area contributed by atoms with E-state index in [9.17, 15) is 0 Å². The first kappa shape index (κ1) is 12.3. The van der Waals surface area contributed by atoms with E-state index in [-0.39, 0.29) is 6.04 Å². The second kappa shape index (κ2) is 6.64. The smallest absolute Gasteiger partial charge is 0.0479 e. The van der Waals surface area contributed by atoms with Crippen molar-refractivity contribution in [2.24, 2.45) is 5.73 Å². The fourth-order valence-corrected chi connectivity index (χ4v) is 1.65. The third-order valence-corrected chi connectivity index (χ3v) is 2.67. The molecule has 0 saturated carbocycles. The first-order valence-corrected chi connectivity index (χ1v) is 5.66. The summed E-state index contributed by atoms with van der Waals surface area (Å²) < 4.78 is 7.32. The van der Waals surface area contributed by atoms with Crippen molar-refractivity contribution in [2.45, 2.75) is 38.8 Å². The summed E-state index contributed by atoms with van der Waals surface area (Å²) in [5.74, 6) is 0. The highest BCUT2D eigenvalue weighted by Gasteiger charge is 2.05. The molecule has 1 atom stereocenters. The van der Waals surface area contributed by atoms with E-state index >= 15 is 0 Å². The van der Waals surface area contributed by atoms with Crippen LogP contribution in [-0.2, 0) is 17.7 Å². The minimum Gasteiger partial charge on any atom is -0.385 e. The minimum absolute atomic E-state index is 0.279. The molecule has 0 fully saturated rings. The Morgan fingerprint density at radius 1 is 1.53 bits per heavy atom. The SMILES string of the molecule is CCC(N)Cc1cccn1CCCOC. The van der Waals surface area contributed by atoms with Gasteiger partial charge >= 0.3 is 0 Å². The second-order valence-corrected chi connectivity index (χ2v) is 3.91. The Bertz CT molecular complexity index is 270. The summed E-state index contributed by atoms with van der Waals surface area (Å²) in [5.41, 5.74) is 7.28. The van der Waals surface area contributed by atoms with Crippen molar-refractivity contribution in [3.8, 4) is 0 Å². The molecule has 0 bridgehead atoms. The van der Waals surface area contributed by atoms with E-state index < -0.39 is 0 Å². The number of aryl methyl sites for hydroxylation is 1. The van der Waals surface area contributed by atoms with Gasteiger partial charge in [-0.2, -0.15) is 0 Å². The van der Waals surface area contributed by atoms with Crippen LogP contribution in [0.5, 0.6) is 0 Å². The Kier molecular flexibility index (Phi) is 5.43. The molecule has 15 heavy (non-hydrogen) atoms. The van der Waals surface area contributed by atoms with Crippen LogP contribution in [0.2, 0.25) is 0 Å². The molecular formula is C12H22N2O. The van der Waals surface area contributed by atoms with Gasteiger partial charge in [-0.25, -0.2) is 0 Å². The number of hydrogen-bond donors (Lipinski definition) is 1. The molecule has 1 aromatic heterocycles. The minimum atomic E-state index is 0.279. The molecule has 0 aliphatic carbocycles. The highest BCUT2D eigenvalue weighted by Crippen LogP contribution is 2.07. The predicted octanol–water partition coefficient (Wildman–Crippen LogP) is 1.80. The zero-order valence-corrected chi connectivity index (χ0v) is 9.78. The third kappa shape index (κ3) is 4.06. The van der Waals surface area contributed by atoms with Gasteiger partial charge in [-0.05, 0) is 25.0 Å². The first-order valence-electron chi connectivity index (χ1n) is 5.66. The molecule has 86 valence electrons. The maximum Gasteiger partial charge on any atom is 0.0479 e. The van der Waals surface area contributed by atoms with Crippen LogP contribution in [0.25, 0.3) is 0 Å². The summed E-state index contributed by atoms with van der Waals surface area (Å²) in [4.78, 5) is 0. The predicted molar refractivity (Wildman–Crippen MR) is 62.9 cm³/mol. The zero-order valence-electron chi connectivity index (χ0n) is 9.78. The largest absolute Gasteiger partial charge is 0.385 e. The van der Waals surface area contributed by atoms with Gasteiger partial charge in [0.15, 0.2) is 0 Å². The molecule has 1 heterocycles. The van der Waals surface area contributed by atoms with Gasteiger partial charge in [0.05, 0.1) is 0 Å². The van der Waals surface area contributed by atoms with E-state index in [1.807, 2.05) is 0 Å². The topological polar surface area (TPSA) is 40.2 Å². The monoisotopic (exact) mass is 210 g/mol. The summed E-state index contributed by atoms with van der Waals surface area (Å²) in [5, 5.41) is 0. The van der Waals surface area contributed by atoms with Gasteiger partial charge in [0.1, 0.15) is 0 Å². The average Bonchev–Trinajstić information content (AvgIpc) is 2.66. The van der Waals surface area contributed by atoms with Crippen molar-refractivity contribution < 1.29 is 4.74 Å². The van der Waals surface area contributed by atoms with E-state index in [0.29, 0.717) is 0 Å². The quantitative estimate of drug-likeness (QED) is 0.697. The fraction of sp³-hybridized carbons (Fsp3) is 0.667. The van der Waals surface area contributed by atoms with Crippen molar-refractivity contribution in [1.82, 2.24) is 4.57 Å². The summed E-state index contributed by atoms with van der Waals surface area (Å²) >= 11 is 0. The normalized spacial score (nSPS) is 13.0. The lowest BCUT2D eigenvalue weighted by Crippen LogP contribution is -2.23. The lowest BCUT2D eigenvalue weighted by atomic mass is 10.1. The van der Waals surface area contributed by atoms with Gasteiger partial charge in [0.2, 0.25) is 0 Å². The van der Waals surface area contributed by atoms with Crippen molar-refractivity contribution in [1.29, 1.82) is 0 Å². The molecule has 1 unspecified atom stereocenters. The summed E-state index contributed by atoms with van der Waals surface area (Å²) in [6.45, 7) is 3.97. The van der Waals surface area contributed by atoms with E-state index in [4.69, 9.17) is 10.5 Å². The number of hydrogen-bond acceptors (Lipinski definition) is 2. The van der Waals surface area contributed by atoms with Gasteiger partial charge in [-0.3, -0.25) is 0 Å². The molecule has 0 aliphatic rings. The molecule has 0 spiro atoms. The summed E-state index contributed by atoms with van der Waals surface area (Å²) in [7, 11) is 1.74. The molecule has 1 aromatic rings. The average molecular weight is 210 g/mol. The van der Waals surface area contributed by atoms with Crippen molar-refractivity contribution in [3.63, 3.8) is 0 Å². The molecule has 0 aromatic carbocycles. The first-order chi connectivity index (χ1) is 7.27. The van der Waals surface area contributed by atoms with Gasteiger partial charge in [-0.15, -0.1) is 0 Å². The zero-order chi connectivity index (χ0) is 11.1. The van der Waals surface area contributed by atoms with Gasteiger partial charge < -0.3 is 15.0 Å². The van der Waals surface area contributed by atoms with E-state index in [1.165, 1.54) is 5.69 Å². The standard InChI is InChI=1S/C12H22N2O/c1-3-11(13)10-12-6-4-7-14(12)8-5-9-15-2/h4,6-7,11H,3,5,8-10,13H2,1-2H3. The maximum atomic E-state index is 5.95. The highest BCUT2D eigenvalue weighted by atomic mass is 16.5. The molecule has 3 nitrogen and oxygen atoms in total.